The molecule has 4 aromatic rings. The standard InChI is InChI=1S/C29H32N2O4/c1-31(29-30-26-13-6-7-14-27(26)35-29)19-20-34-25-17-15-23(16-18-25)21-24(28(32)33-2)12-8-11-22-9-4-3-5-10-22/h3-7,9-10,13-18,24H,8,11-12,19-21H2,1-2H3. The first-order valence-electron chi connectivity index (χ1n) is 12.0. The molecule has 3 aromatic carbocycles. The van der Waals surface area contributed by atoms with Crippen LogP contribution >= 0.6 is 0 Å². The number of rotatable bonds is 12. The number of aryl methyl sites for hydroxylation is 1. The van der Waals surface area contributed by atoms with Crippen molar-refractivity contribution in [1.82, 2.24) is 4.98 Å². The number of hydrogen-bond donors (Lipinski definition) is 0. The first-order valence-corrected chi connectivity index (χ1v) is 12.0. The average molecular weight is 473 g/mol. The van der Waals surface area contributed by atoms with Crippen LogP contribution in [-0.2, 0) is 22.4 Å². The Morgan fingerprint density at radius 3 is 2.46 bits per heavy atom. The minimum absolute atomic E-state index is 0.152. The van der Waals surface area contributed by atoms with E-state index in [1.807, 2.05) is 78.7 Å². The van der Waals surface area contributed by atoms with Crippen LogP contribution in [0.25, 0.3) is 11.1 Å². The first kappa shape index (κ1) is 24.3. The zero-order chi connectivity index (χ0) is 24.5. The van der Waals surface area contributed by atoms with E-state index in [9.17, 15) is 4.79 Å². The van der Waals surface area contributed by atoms with E-state index in [4.69, 9.17) is 13.9 Å². The molecule has 4 rings (SSSR count). The highest BCUT2D eigenvalue weighted by Gasteiger charge is 2.19. The van der Waals surface area contributed by atoms with Crippen molar-refractivity contribution in [2.45, 2.75) is 25.7 Å². The molecule has 0 bridgehead atoms. The highest BCUT2D eigenvalue weighted by Crippen LogP contribution is 2.22. The van der Waals surface area contributed by atoms with Crippen molar-refractivity contribution in [3.05, 3.63) is 90.0 Å². The lowest BCUT2D eigenvalue weighted by Crippen LogP contribution is -2.24. The van der Waals surface area contributed by atoms with Crippen molar-refractivity contribution in [2.75, 3.05) is 32.2 Å². The third-order valence-corrected chi connectivity index (χ3v) is 6.11. The van der Waals surface area contributed by atoms with Gasteiger partial charge in [-0.25, -0.2) is 0 Å². The molecule has 0 N–H and O–H groups in total. The van der Waals surface area contributed by atoms with Gasteiger partial charge in [-0.05, 0) is 61.1 Å². The van der Waals surface area contributed by atoms with E-state index in [0.29, 0.717) is 25.6 Å². The maximum absolute atomic E-state index is 12.3. The van der Waals surface area contributed by atoms with Crippen LogP contribution in [0.3, 0.4) is 0 Å². The Bertz CT molecular complexity index is 1170. The molecule has 0 fully saturated rings. The van der Waals surface area contributed by atoms with E-state index in [1.54, 1.807) is 0 Å². The smallest absolute Gasteiger partial charge is 0.308 e. The number of hydrogen-bond acceptors (Lipinski definition) is 6. The van der Waals surface area contributed by atoms with Gasteiger partial charge in [0.25, 0.3) is 6.01 Å². The summed E-state index contributed by atoms with van der Waals surface area (Å²) in [7, 11) is 3.39. The first-order chi connectivity index (χ1) is 17.1. The lowest BCUT2D eigenvalue weighted by Gasteiger charge is -2.16. The van der Waals surface area contributed by atoms with Gasteiger partial charge < -0.3 is 18.8 Å². The van der Waals surface area contributed by atoms with Gasteiger partial charge in [0.1, 0.15) is 17.9 Å². The fourth-order valence-corrected chi connectivity index (χ4v) is 4.09. The number of nitrogens with zero attached hydrogens (tertiary/aromatic N) is 2. The van der Waals surface area contributed by atoms with Gasteiger partial charge in [-0.2, -0.15) is 4.98 Å². The fraction of sp³-hybridized carbons (Fsp3) is 0.310. The monoisotopic (exact) mass is 472 g/mol. The van der Waals surface area contributed by atoms with Gasteiger partial charge in [0.15, 0.2) is 5.58 Å². The molecule has 0 radical (unpaired) electrons. The second kappa shape index (κ2) is 12.1. The molecule has 0 spiro atoms. The number of likely N-dealkylation sites (N-methyl/N-ethyl adjacent to an activating group) is 1. The Hall–Kier alpha value is -3.80. The number of oxazole rings is 1. The predicted octanol–water partition coefficient (Wildman–Crippen LogP) is 5.70. The summed E-state index contributed by atoms with van der Waals surface area (Å²) >= 11 is 0. The van der Waals surface area contributed by atoms with Gasteiger partial charge >= 0.3 is 5.97 Å². The van der Waals surface area contributed by atoms with Gasteiger partial charge in [-0.15, -0.1) is 0 Å². The second-order valence-corrected chi connectivity index (χ2v) is 8.68. The van der Waals surface area contributed by atoms with Crippen LogP contribution in [0.2, 0.25) is 0 Å². The van der Waals surface area contributed by atoms with E-state index >= 15 is 0 Å². The zero-order valence-electron chi connectivity index (χ0n) is 20.4. The van der Waals surface area contributed by atoms with E-state index in [-0.39, 0.29) is 11.9 Å². The number of ether oxygens (including phenoxy) is 2. The summed E-state index contributed by atoms with van der Waals surface area (Å²) in [5.74, 6) is 0.486. The summed E-state index contributed by atoms with van der Waals surface area (Å²) in [6.07, 6.45) is 3.35. The van der Waals surface area contributed by atoms with Crippen LogP contribution in [0.15, 0.2) is 83.3 Å². The third-order valence-electron chi connectivity index (χ3n) is 6.11. The molecule has 182 valence electrons. The summed E-state index contributed by atoms with van der Waals surface area (Å²) in [4.78, 5) is 18.8. The molecule has 0 aliphatic heterocycles. The van der Waals surface area contributed by atoms with Crippen LogP contribution in [0.4, 0.5) is 6.01 Å². The van der Waals surface area contributed by atoms with Gasteiger partial charge in [0.05, 0.1) is 19.6 Å². The Labute approximate surface area is 206 Å². The molecule has 1 unspecified atom stereocenters. The number of benzene rings is 3. The minimum atomic E-state index is -0.152. The molecule has 1 heterocycles. The molecule has 0 aliphatic rings. The van der Waals surface area contributed by atoms with E-state index in [1.165, 1.54) is 12.7 Å². The van der Waals surface area contributed by atoms with Crippen LogP contribution in [0.1, 0.15) is 24.0 Å². The lowest BCUT2D eigenvalue weighted by atomic mass is 9.93. The number of anilines is 1. The number of carbonyl (C=O) groups is 1. The topological polar surface area (TPSA) is 64.8 Å². The number of methoxy groups -OCH3 is 1. The molecule has 0 amide bonds. The SMILES string of the molecule is COC(=O)C(CCCc1ccccc1)Cc1ccc(OCCN(C)c2nc3ccccc3o2)cc1. The van der Waals surface area contributed by atoms with Crippen molar-refractivity contribution >= 4 is 23.1 Å². The van der Waals surface area contributed by atoms with Crippen LogP contribution in [0, 0.1) is 5.92 Å². The van der Waals surface area contributed by atoms with Gasteiger partial charge in [0.2, 0.25) is 0 Å². The highest BCUT2D eigenvalue weighted by molar-refractivity contribution is 5.74. The number of aromatic nitrogens is 1. The quantitative estimate of drug-likeness (QED) is 0.247. The summed E-state index contributed by atoms with van der Waals surface area (Å²) < 4.78 is 16.8. The molecule has 6 heteroatoms. The van der Waals surface area contributed by atoms with E-state index < -0.39 is 0 Å². The Morgan fingerprint density at radius 2 is 1.71 bits per heavy atom. The summed E-state index contributed by atoms with van der Waals surface area (Å²) in [5.41, 5.74) is 4.00. The molecular formula is C29H32N2O4. The molecular weight excluding hydrogens is 440 g/mol. The van der Waals surface area contributed by atoms with E-state index in [0.717, 1.165) is 41.7 Å². The molecule has 1 aromatic heterocycles. The second-order valence-electron chi connectivity index (χ2n) is 8.68. The average Bonchev–Trinajstić information content (AvgIpc) is 3.34. The molecule has 6 nitrogen and oxygen atoms in total. The number of carbonyl (C=O) groups excluding carboxylic acids is 1. The maximum atomic E-state index is 12.3. The van der Waals surface area contributed by atoms with Crippen molar-refractivity contribution in [1.29, 1.82) is 0 Å². The Morgan fingerprint density at radius 1 is 0.971 bits per heavy atom. The number of fused-ring (bicyclic) bond motifs is 1. The van der Waals surface area contributed by atoms with Crippen molar-refractivity contribution in [2.24, 2.45) is 5.92 Å². The summed E-state index contributed by atoms with van der Waals surface area (Å²) in [5, 5.41) is 0. The lowest BCUT2D eigenvalue weighted by molar-refractivity contribution is -0.145. The Kier molecular flexibility index (Phi) is 8.39. The third kappa shape index (κ3) is 6.85. The largest absolute Gasteiger partial charge is 0.492 e. The Balaban J connectivity index is 1.25. The molecule has 0 saturated heterocycles. The molecule has 0 saturated carbocycles. The summed E-state index contributed by atoms with van der Waals surface area (Å²) in [6, 6.07) is 26.6. The fourth-order valence-electron chi connectivity index (χ4n) is 4.09. The number of esters is 1. The maximum Gasteiger partial charge on any atom is 0.308 e. The van der Waals surface area contributed by atoms with Crippen molar-refractivity contribution in [3.63, 3.8) is 0 Å². The van der Waals surface area contributed by atoms with Gasteiger partial charge in [0, 0.05) is 7.05 Å². The number of para-hydroxylation sites is 2. The van der Waals surface area contributed by atoms with Crippen LogP contribution in [-0.4, -0.2) is 38.3 Å². The van der Waals surface area contributed by atoms with Crippen LogP contribution < -0.4 is 9.64 Å². The van der Waals surface area contributed by atoms with Crippen molar-refractivity contribution < 1.29 is 18.7 Å². The van der Waals surface area contributed by atoms with Crippen molar-refractivity contribution in [3.8, 4) is 5.75 Å². The normalized spacial score (nSPS) is 11.8. The zero-order valence-corrected chi connectivity index (χ0v) is 20.4. The predicted molar refractivity (Wildman–Crippen MR) is 138 cm³/mol. The minimum Gasteiger partial charge on any atom is -0.492 e. The highest BCUT2D eigenvalue weighted by atomic mass is 16.5. The van der Waals surface area contributed by atoms with E-state index in [2.05, 4.69) is 17.1 Å². The molecule has 35 heavy (non-hydrogen) atoms. The van der Waals surface area contributed by atoms with Crippen LogP contribution in [0.5, 0.6) is 5.75 Å². The van der Waals surface area contributed by atoms with Gasteiger partial charge in [-0.1, -0.05) is 54.6 Å². The van der Waals surface area contributed by atoms with Gasteiger partial charge in [-0.3, -0.25) is 4.79 Å². The molecule has 1 atom stereocenters. The molecule has 0 aliphatic carbocycles. The summed E-state index contributed by atoms with van der Waals surface area (Å²) in [6.45, 7) is 1.14.